The van der Waals surface area contributed by atoms with Crippen molar-refractivity contribution in [1.82, 2.24) is 10.2 Å². The van der Waals surface area contributed by atoms with Gasteiger partial charge < -0.3 is 35.5 Å². The summed E-state index contributed by atoms with van der Waals surface area (Å²) in [5, 5.41) is 11.5. The maximum Gasteiger partial charge on any atom is 0.323 e. The lowest BCUT2D eigenvalue weighted by molar-refractivity contribution is -0.156. The molecule has 13 nitrogen and oxygen atoms in total. The van der Waals surface area contributed by atoms with Gasteiger partial charge in [0, 0.05) is 17.3 Å². The second-order valence-electron chi connectivity index (χ2n) is 13.8. The largest absolute Gasteiger partial charge is 0.495 e. The highest BCUT2D eigenvalue weighted by Crippen LogP contribution is 2.27. The minimum Gasteiger partial charge on any atom is -0.495 e. The Morgan fingerprint density at radius 1 is 0.846 bits per heavy atom. The molecule has 0 aromatic heterocycles. The highest BCUT2D eigenvalue weighted by atomic mass is 16.6. The molecular weight excluding hydrogens is 666 g/mol. The number of piperidine rings is 1. The van der Waals surface area contributed by atoms with E-state index in [4.69, 9.17) is 14.2 Å². The number of hydrogen-bond acceptors (Lipinski definition) is 9. The van der Waals surface area contributed by atoms with E-state index in [-0.39, 0.29) is 43.1 Å². The number of methoxy groups -OCH3 is 2. The van der Waals surface area contributed by atoms with Crippen LogP contribution in [0.4, 0.5) is 21.9 Å². The van der Waals surface area contributed by atoms with Crippen LogP contribution in [-0.2, 0) is 35.1 Å². The third-order valence-corrected chi connectivity index (χ3v) is 8.51. The number of amides is 4. The Labute approximate surface area is 304 Å². The Balaban J connectivity index is 1.31. The highest BCUT2D eigenvalue weighted by molar-refractivity contribution is 6.01. The van der Waals surface area contributed by atoms with Gasteiger partial charge in [-0.1, -0.05) is 36.4 Å². The lowest BCUT2D eigenvalue weighted by Crippen LogP contribution is -2.44. The number of hydrogen-bond donors (Lipinski definition) is 4. The normalized spacial score (nSPS) is 14.0. The van der Waals surface area contributed by atoms with Gasteiger partial charge in [0.2, 0.25) is 11.8 Å². The topological polar surface area (TPSA) is 164 Å². The fourth-order valence-corrected chi connectivity index (χ4v) is 5.83. The molecule has 278 valence electrons. The Kier molecular flexibility index (Phi) is 13.8. The number of nitrogens with zero attached hydrogens (tertiary/aromatic N) is 1. The van der Waals surface area contributed by atoms with Crippen molar-refractivity contribution in [3.63, 3.8) is 0 Å². The first-order valence-electron chi connectivity index (χ1n) is 17.2. The van der Waals surface area contributed by atoms with Gasteiger partial charge >= 0.3 is 18.0 Å². The van der Waals surface area contributed by atoms with Gasteiger partial charge in [0.15, 0.2) is 0 Å². The number of aryl methyl sites for hydroxylation is 1. The van der Waals surface area contributed by atoms with Crippen LogP contribution in [0.15, 0.2) is 66.7 Å². The Hall–Kier alpha value is -5.43. The molecule has 4 N–H and O–H groups in total. The fraction of sp³-hybridized carbons (Fsp3) is 0.410. The molecule has 3 aromatic rings. The Bertz CT molecular complexity index is 1730. The first kappa shape index (κ1) is 39.4. The van der Waals surface area contributed by atoms with Crippen molar-refractivity contribution in [1.29, 1.82) is 0 Å². The van der Waals surface area contributed by atoms with E-state index in [1.165, 1.54) is 14.2 Å². The van der Waals surface area contributed by atoms with E-state index in [1.807, 2.05) is 56.9 Å². The maximum absolute atomic E-state index is 13.3. The first-order valence-corrected chi connectivity index (χ1v) is 17.2. The van der Waals surface area contributed by atoms with Gasteiger partial charge in [0.25, 0.3) is 0 Å². The van der Waals surface area contributed by atoms with Crippen molar-refractivity contribution in [3.05, 3.63) is 83.4 Å². The lowest BCUT2D eigenvalue weighted by atomic mass is 9.94. The minimum atomic E-state index is -0.636. The molecule has 0 spiro atoms. The summed E-state index contributed by atoms with van der Waals surface area (Å²) < 4.78 is 15.8. The number of nitrogens with one attached hydrogen (secondary N) is 4. The van der Waals surface area contributed by atoms with Gasteiger partial charge in [0.05, 0.1) is 45.3 Å². The number of likely N-dealkylation sites (tertiary alicyclic amines) is 1. The Morgan fingerprint density at radius 3 is 2.15 bits per heavy atom. The Morgan fingerprint density at radius 2 is 1.52 bits per heavy atom. The van der Waals surface area contributed by atoms with Crippen molar-refractivity contribution in [2.24, 2.45) is 5.92 Å². The molecule has 13 heteroatoms. The molecule has 1 fully saturated rings. The van der Waals surface area contributed by atoms with Crippen LogP contribution in [0.1, 0.15) is 62.8 Å². The monoisotopic (exact) mass is 715 g/mol. The highest BCUT2D eigenvalue weighted by Gasteiger charge is 2.29. The molecular formula is C39H49N5O8. The molecule has 1 saturated heterocycles. The molecule has 1 aliphatic heterocycles. The predicted octanol–water partition coefficient (Wildman–Crippen LogP) is 5.60. The average molecular weight is 716 g/mol. The van der Waals surface area contributed by atoms with Crippen LogP contribution in [0.2, 0.25) is 0 Å². The van der Waals surface area contributed by atoms with Crippen LogP contribution in [0.25, 0.3) is 0 Å². The number of benzene rings is 3. The first-order chi connectivity index (χ1) is 24.7. The smallest absolute Gasteiger partial charge is 0.323 e. The van der Waals surface area contributed by atoms with Crippen LogP contribution in [-0.4, -0.2) is 74.1 Å². The van der Waals surface area contributed by atoms with Gasteiger partial charge in [-0.15, -0.1) is 0 Å². The zero-order valence-corrected chi connectivity index (χ0v) is 30.7. The molecule has 4 amide bonds. The molecule has 1 aliphatic rings. The molecule has 1 unspecified atom stereocenters. The summed E-state index contributed by atoms with van der Waals surface area (Å²) in [5.74, 6) is -1.08. The molecule has 4 rings (SSSR count). The average Bonchev–Trinajstić information content (AvgIpc) is 3.09. The van der Waals surface area contributed by atoms with Crippen molar-refractivity contribution in [2.45, 2.75) is 65.0 Å². The van der Waals surface area contributed by atoms with Crippen molar-refractivity contribution in [2.75, 3.05) is 49.8 Å². The number of ether oxygens (including phenoxy) is 3. The molecule has 3 aromatic carbocycles. The number of rotatable bonds is 13. The van der Waals surface area contributed by atoms with Gasteiger partial charge in [-0.2, -0.15) is 0 Å². The van der Waals surface area contributed by atoms with Crippen LogP contribution in [0, 0.1) is 12.8 Å². The number of carbonyl (C=O) groups is 5. The van der Waals surface area contributed by atoms with Gasteiger partial charge in [-0.25, -0.2) is 4.79 Å². The third kappa shape index (κ3) is 12.1. The van der Waals surface area contributed by atoms with E-state index in [9.17, 15) is 24.0 Å². The quantitative estimate of drug-likeness (QED) is 0.165. The second kappa shape index (κ2) is 18.2. The van der Waals surface area contributed by atoms with Crippen LogP contribution in [0.3, 0.4) is 0 Å². The molecule has 0 aliphatic carbocycles. The van der Waals surface area contributed by atoms with Gasteiger partial charge in [-0.3, -0.25) is 24.1 Å². The zero-order valence-electron chi connectivity index (χ0n) is 30.7. The summed E-state index contributed by atoms with van der Waals surface area (Å²) in [6.45, 7) is 8.70. The summed E-state index contributed by atoms with van der Waals surface area (Å²) >= 11 is 0. The summed E-state index contributed by atoms with van der Waals surface area (Å²) in [7, 11) is 2.78. The maximum atomic E-state index is 13.3. The SMILES string of the molecule is COC(=O)CC(NC(=O)C1CCN(CC(=O)OC(C)(C)C)CC1)c1ccc(NC(=O)Cc2ccc(NC(=O)Nc3ccccc3C)c(OC)c2)cc1. The zero-order chi connectivity index (χ0) is 37.8. The number of urea groups is 1. The molecule has 1 atom stereocenters. The lowest BCUT2D eigenvalue weighted by Gasteiger charge is -2.32. The molecule has 0 saturated carbocycles. The van der Waals surface area contributed by atoms with E-state index in [0.717, 1.165) is 5.56 Å². The van der Waals surface area contributed by atoms with E-state index < -0.39 is 23.6 Å². The van der Waals surface area contributed by atoms with E-state index in [2.05, 4.69) is 21.3 Å². The van der Waals surface area contributed by atoms with Crippen LogP contribution in [0.5, 0.6) is 5.75 Å². The number of anilines is 3. The van der Waals surface area contributed by atoms with E-state index in [0.29, 0.717) is 59.9 Å². The van der Waals surface area contributed by atoms with Crippen LogP contribution < -0.4 is 26.0 Å². The number of para-hydroxylation sites is 1. The number of esters is 2. The molecule has 0 bridgehead atoms. The van der Waals surface area contributed by atoms with Crippen molar-refractivity contribution < 1.29 is 38.2 Å². The standard InChI is InChI=1S/C39H49N5O8/c1-25-9-7-8-10-30(25)42-38(49)43-31-16-11-26(21-33(31)50-5)22-34(45)40-29-14-12-27(13-15-29)32(23-35(46)51-6)41-37(48)28-17-19-44(20-18-28)24-36(47)52-39(2,3)4/h7-16,21,28,32H,17-20,22-24H2,1-6H3,(H,40,45)(H,41,48)(H2,42,43,49). The molecule has 0 radical (unpaired) electrons. The predicted molar refractivity (Wildman–Crippen MR) is 198 cm³/mol. The summed E-state index contributed by atoms with van der Waals surface area (Å²) in [6, 6.07) is 18.4. The molecule has 1 heterocycles. The third-order valence-electron chi connectivity index (χ3n) is 8.51. The van der Waals surface area contributed by atoms with Crippen molar-refractivity contribution in [3.8, 4) is 5.75 Å². The van der Waals surface area contributed by atoms with E-state index in [1.54, 1.807) is 42.5 Å². The molecule has 52 heavy (non-hydrogen) atoms. The summed E-state index contributed by atoms with van der Waals surface area (Å²) in [5.41, 5.74) is 3.40. The van der Waals surface area contributed by atoms with Gasteiger partial charge in [-0.05, 0) is 101 Å². The fourth-order valence-electron chi connectivity index (χ4n) is 5.83. The minimum absolute atomic E-state index is 0.0470. The summed E-state index contributed by atoms with van der Waals surface area (Å²) in [6.07, 6.45) is 1.12. The second-order valence-corrected chi connectivity index (χ2v) is 13.8. The van der Waals surface area contributed by atoms with Crippen molar-refractivity contribution >= 4 is 46.8 Å². The van der Waals surface area contributed by atoms with Crippen LogP contribution >= 0.6 is 0 Å². The summed E-state index contributed by atoms with van der Waals surface area (Å²) in [4.78, 5) is 65.3. The van der Waals surface area contributed by atoms with Gasteiger partial charge in [0.1, 0.15) is 11.4 Å². The van der Waals surface area contributed by atoms with E-state index >= 15 is 0 Å². The number of carbonyl (C=O) groups excluding carboxylic acids is 5.